The first kappa shape index (κ1) is 14.7. The van der Waals surface area contributed by atoms with Gasteiger partial charge in [0.1, 0.15) is 12.2 Å². The summed E-state index contributed by atoms with van der Waals surface area (Å²) in [7, 11) is 0. The van der Waals surface area contributed by atoms with Crippen molar-refractivity contribution < 1.29 is 0 Å². The molecule has 0 saturated carbocycles. The summed E-state index contributed by atoms with van der Waals surface area (Å²) in [4.78, 5) is 4.41. The smallest absolute Gasteiger partial charge is 0.138 e. The molecule has 20 heavy (non-hydrogen) atoms. The van der Waals surface area contributed by atoms with E-state index >= 15 is 0 Å². The van der Waals surface area contributed by atoms with Gasteiger partial charge in [0.05, 0.1) is 0 Å². The van der Waals surface area contributed by atoms with Crippen LogP contribution < -0.4 is 5.32 Å². The first-order valence-electron chi connectivity index (χ1n) is 7.47. The number of nitrogens with zero attached hydrogens (tertiary/aromatic N) is 3. The zero-order valence-electron chi connectivity index (χ0n) is 12.4. The van der Waals surface area contributed by atoms with Gasteiger partial charge in [0.2, 0.25) is 0 Å². The van der Waals surface area contributed by atoms with Crippen molar-refractivity contribution in [2.75, 3.05) is 6.54 Å². The summed E-state index contributed by atoms with van der Waals surface area (Å²) < 4.78 is 2.02. The van der Waals surface area contributed by atoms with Crippen LogP contribution in [0.25, 0.3) is 0 Å². The molecule has 4 nitrogen and oxygen atoms in total. The van der Waals surface area contributed by atoms with Crippen LogP contribution in [0.1, 0.15) is 31.7 Å². The average Bonchev–Trinajstić information content (AvgIpc) is 2.88. The molecule has 0 amide bonds. The van der Waals surface area contributed by atoms with Crippen molar-refractivity contribution in [1.82, 2.24) is 20.1 Å². The van der Waals surface area contributed by atoms with Gasteiger partial charge in [0.25, 0.3) is 0 Å². The number of nitrogens with one attached hydrogen (secondary N) is 1. The number of likely N-dealkylation sites (N-methyl/N-ethyl adjacent to an activating group) is 1. The highest BCUT2D eigenvalue weighted by Crippen LogP contribution is 2.08. The van der Waals surface area contributed by atoms with Gasteiger partial charge in [0, 0.05) is 19.0 Å². The molecule has 0 aliphatic rings. The molecular formula is C16H24N4. The number of hydrogen-bond donors (Lipinski definition) is 1. The van der Waals surface area contributed by atoms with Gasteiger partial charge in [-0.15, -0.1) is 0 Å². The summed E-state index contributed by atoms with van der Waals surface area (Å²) in [6.07, 6.45) is 4.69. The van der Waals surface area contributed by atoms with Crippen LogP contribution in [0.2, 0.25) is 0 Å². The molecular weight excluding hydrogens is 248 g/mol. The van der Waals surface area contributed by atoms with E-state index in [9.17, 15) is 0 Å². The predicted octanol–water partition coefficient (Wildman–Crippen LogP) is 2.45. The topological polar surface area (TPSA) is 42.7 Å². The summed E-state index contributed by atoms with van der Waals surface area (Å²) >= 11 is 0. The summed E-state index contributed by atoms with van der Waals surface area (Å²) in [5.41, 5.74) is 1.36. The van der Waals surface area contributed by atoms with Crippen molar-refractivity contribution >= 4 is 0 Å². The van der Waals surface area contributed by atoms with E-state index in [4.69, 9.17) is 0 Å². The Labute approximate surface area is 121 Å². The molecule has 1 unspecified atom stereocenters. The van der Waals surface area contributed by atoms with Crippen LogP contribution in [0.4, 0.5) is 0 Å². The van der Waals surface area contributed by atoms with Gasteiger partial charge in [-0.05, 0) is 24.9 Å². The second-order valence-corrected chi connectivity index (χ2v) is 5.05. The number of benzene rings is 1. The highest BCUT2D eigenvalue weighted by molar-refractivity contribution is 5.16. The van der Waals surface area contributed by atoms with E-state index in [0.29, 0.717) is 6.04 Å². The lowest BCUT2D eigenvalue weighted by Gasteiger charge is -2.18. The lowest BCUT2D eigenvalue weighted by molar-refractivity contribution is 0.482. The Morgan fingerprint density at radius 1 is 1.15 bits per heavy atom. The van der Waals surface area contributed by atoms with Crippen LogP contribution >= 0.6 is 0 Å². The maximum Gasteiger partial charge on any atom is 0.138 e. The molecule has 1 atom stereocenters. The Bertz CT molecular complexity index is 492. The highest BCUT2D eigenvalue weighted by Gasteiger charge is 2.13. The molecule has 1 aromatic carbocycles. The number of aromatic nitrogens is 3. The van der Waals surface area contributed by atoms with Gasteiger partial charge in [-0.2, -0.15) is 5.10 Å². The van der Waals surface area contributed by atoms with Crippen molar-refractivity contribution in [3.63, 3.8) is 0 Å². The first-order chi connectivity index (χ1) is 9.83. The van der Waals surface area contributed by atoms with Gasteiger partial charge in [-0.25, -0.2) is 4.98 Å². The molecule has 0 saturated heterocycles. The molecule has 2 rings (SSSR count). The fraction of sp³-hybridized carbons (Fsp3) is 0.500. The molecule has 0 bridgehead atoms. The van der Waals surface area contributed by atoms with Gasteiger partial charge < -0.3 is 5.32 Å². The predicted molar refractivity (Wildman–Crippen MR) is 81.6 cm³/mol. The van der Waals surface area contributed by atoms with Crippen LogP contribution in [-0.4, -0.2) is 27.4 Å². The highest BCUT2D eigenvalue weighted by atomic mass is 15.3. The third-order valence-corrected chi connectivity index (χ3v) is 3.38. The summed E-state index contributed by atoms with van der Waals surface area (Å²) in [5.74, 6) is 1.08. The Morgan fingerprint density at radius 2 is 1.95 bits per heavy atom. The third kappa shape index (κ3) is 4.17. The minimum atomic E-state index is 0.405. The molecule has 0 aliphatic heterocycles. The van der Waals surface area contributed by atoms with Crippen LogP contribution in [0.15, 0.2) is 36.7 Å². The van der Waals surface area contributed by atoms with Gasteiger partial charge in [0.15, 0.2) is 0 Å². The molecule has 4 heteroatoms. The SMILES string of the molecule is CCCn1ncnc1CC(Cc1ccccc1)NCC. The van der Waals surface area contributed by atoms with E-state index in [1.165, 1.54) is 5.56 Å². The molecule has 2 aromatic rings. The second-order valence-electron chi connectivity index (χ2n) is 5.05. The molecule has 0 spiro atoms. The average molecular weight is 272 g/mol. The van der Waals surface area contributed by atoms with Crippen molar-refractivity contribution in [2.24, 2.45) is 0 Å². The Kier molecular flexibility index (Phi) is 5.74. The van der Waals surface area contributed by atoms with E-state index in [-0.39, 0.29) is 0 Å². The van der Waals surface area contributed by atoms with Gasteiger partial charge >= 0.3 is 0 Å². The summed E-state index contributed by atoms with van der Waals surface area (Å²) in [6.45, 7) is 6.23. The fourth-order valence-electron chi connectivity index (χ4n) is 2.47. The minimum absolute atomic E-state index is 0.405. The zero-order valence-corrected chi connectivity index (χ0v) is 12.4. The van der Waals surface area contributed by atoms with E-state index in [0.717, 1.165) is 38.2 Å². The Hall–Kier alpha value is -1.68. The summed E-state index contributed by atoms with van der Waals surface area (Å²) in [6, 6.07) is 11.0. The number of hydrogen-bond acceptors (Lipinski definition) is 3. The molecule has 1 aromatic heterocycles. The lowest BCUT2D eigenvalue weighted by Crippen LogP contribution is -2.34. The van der Waals surface area contributed by atoms with Crippen LogP contribution in [0.5, 0.6) is 0 Å². The maximum atomic E-state index is 4.41. The minimum Gasteiger partial charge on any atom is -0.313 e. The molecule has 0 radical (unpaired) electrons. The molecule has 108 valence electrons. The van der Waals surface area contributed by atoms with E-state index in [2.05, 4.69) is 59.6 Å². The van der Waals surface area contributed by atoms with Crippen molar-refractivity contribution in [1.29, 1.82) is 0 Å². The molecule has 1 N–H and O–H groups in total. The van der Waals surface area contributed by atoms with E-state index < -0.39 is 0 Å². The lowest BCUT2D eigenvalue weighted by atomic mass is 10.0. The second kappa shape index (κ2) is 7.80. The number of aryl methyl sites for hydroxylation is 1. The monoisotopic (exact) mass is 272 g/mol. The normalized spacial score (nSPS) is 12.5. The van der Waals surface area contributed by atoms with Crippen molar-refractivity contribution in [3.8, 4) is 0 Å². The molecule has 0 fully saturated rings. The summed E-state index contributed by atoms with van der Waals surface area (Å²) in [5, 5.41) is 7.86. The zero-order chi connectivity index (χ0) is 14.2. The standard InChI is InChI=1S/C16H24N4/c1-3-10-20-16(18-13-19-20)12-15(17-4-2)11-14-8-6-5-7-9-14/h5-9,13,15,17H,3-4,10-12H2,1-2H3. The quantitative estimate of drug-likeness (QED) is 0.802. The Balaban J connectivity index is 2.03. The maximum absolute atomic E-state index is 4.41. The Morgan fingerprint density at radius 3 is 2.65 bits per heavy atom. The van der Waals surface area contributed by atoms with Crippen LogP contribution in [-0.2, 0) is 19.4 Å². The van der Waals surface area contributed by atoms with Crippen molar-refractivity contribution in [3.05, 3.63) is 48.0 Å². The van der Waals surface area contributed by atoms with Gasteiger partial charge in [-0.1, -0.05) is 44.2 Å². The van der Waals surface area contributed by atoms with Crippen LogP contribution in [0, 0.1) is 0 Å². The molecule has 0 aliphatic carbocycles. The van der Waals surface area contributed by atoms with E-state index in [1.807, 2.05) is 4.68 Å². The van der Waals surface area contributed by atoms with Gasteiger partial charge in [-0.3, -0.25) is 4.68 Å². The largest absolute Gasteiger partial charge is 0.313 e. The number of rotatable bonds is 8. The van der Waals surface area contributed by atoms with Crippen molar-refractivity contribution in [2.45, 2.75) is 45.7 Å². The third-order valence-electron chi connectivity index (χ3n) is 3.38. The first-order valence-corrected chi connectivity index (χ1v) is 7.47. The van der Waals surface area contributed by atoms with E-state index in [1.54, 1.807) is 6.33 Å². The molecule has 1 heterocycles. The van der Waals surface area contributed by atoms with Crippen LogP contribution in [0.3, 0.4) is 0 Å². The fourth-order valence-corrected chi connectivity index (χ4v) is 2.47.